The van der Waals surface area contributed by atoms with E-state index in [0.717, 1.165) is 24.3 Å². The summed E-state index contributed by atoms with van der Waals surface area (Å²) in [6.07, 6.45) is 6.47. The molecular weight excluding hydrogens is 340 g/mol. The molecule has 0 amide bonds. The van der Waals surface area contributed by atoms with E-state index in [1.165, 1.54) is 25.0 Å². The van der Waals surface area contributed by atoms with E-state index in [4.69, 9.17) is 5.14 Å². The highest BCUT2D eigenvalue weighted by molar-refractivity contribution is 7.89. The number of hydrogen-bond acceptors (Lipinski definition) is 7. The van der Waals surface area contributed by atoms with Crippen LogP contribution in [0.1, 0.15) is 25.7 Å². The Balaban J connectivity index is 1.77. The lowest BCUT2D eigenvalue weighted by Gasteiger charge is -2.16. The second kappa shape index (κ2) is 7.24. The highest BCUT2D eigenvalue weighted by Crippen LogP contribution is 2.26. The average Bonchev–Trinajstić information content (AvgIpc) is 3.08. The zero-order chi connectivity index (χ0) is 17.9. The molecule has 9 heteroatoms. The number of hydrogen-bond donors (Lipinski definition) is 4. The summed E-state index contributed by atoms with van der Waals surface area (Å²) in [7, 11) is -1.87. The van der Waals surface area contributed by atoms with Crippen molar-refractivity contribution in [3.05, 3.63) is 30.5 Å². The van der Waals surface area contributed by atoms with Crippen molar-refractivity contribution in [3.8, 4) is 0 Å². The van der Waals surface area contributed by atoms with Crippen LogP contribution in [0.2, 0.25) is 0 Å². The van der Waals surface area contributed by atoms with Crippen molar-refractivity contribution in [2.75, 3.05) is 23.0 Å². The first-order valence-corrected chi connectivity index (χ1v) is 9.71. The molecule has 0 spiro atoms. The number of nitrogens with two attached hydrogens (primary N) is 1. The molecule has 1 aromatic carbocycles. The number of primary sulfonamides is 1. The average molecular weight is 362 g/mol. The normalized spacial score (nSPS) is 15.1. The van der Waals surface area contributed by atoms with E-state index in [-0.39, 0.29) is 4.90 Å². The standard InChI is InChI=1S/C16H22N6O2S/c1-18-14-10-19-16(22-15(14)20-11-4-2-3-5-11)21-12-6-8-13(9-7-12)25(17,23)24/h6-11,18H,2-5H2,1H3,(H2,17,23,24)(H2,19,20,21,22). The summed E-state index contributed by atoms with van der Waals surface area (Å²) < 4.78 is 22.6. The van der Waals surface area contributed by atoms with Gasteiger partial charge in [-0.25, -0.2) is 18.5 Å². The maximum atomic E-state index is 11.3. The maximum absolute atomic E-state index is 11.3. The minimum absolute atomic E-state index is 0.0630. The second-order valence-electron chi connectivity index (χ2n) is 6.03. The van der Waals surface area contributed by atoms with Crippen molar-refractivity contribution in [3.63, 3.8) is 0 Å². The van der Waals surface area contributed by atoms with Crippen LogP contribution in [-0.4, -0.2) is 31.5 Å². The molecule has 0 atom stereocenters. The van der Waals surface area contributed by atoms with Gasteiger partial charge in [0.15, 0.2) is 5.82 Å². The number of anilines is 4. The van der Waals surface area contributed by atoms with Gasteiger partial charge in [0, 0.05) is 18.8 Å². The van der Waals surface area contributed by atoms with E-state index in [0.29, 0.717) is 17.7 Å². The van der Waals surface area contributed by atoms with E-state index in [1.807, 2.05) is 7.05 Å². The Morgan fingerprint density at radius 2 is 1.84 bits per heavy atom. The molecule has 0 aliphatic heterocycles. The number of rotatable bonds is 6. The fourth-order valence-electron chi connectivity index (χ4n) is 2.86. The van der Waals surface area contributed by atoms with Crippen LogP contribution in [-0.2, 0) is 10.0 Å². The van der Waals surface area contributed by atoms with Gasteiger partial charge in [-0.3, -0.25) is 0 Å². The lowest BCUT2D eigenvalue weighted by Crippen LogP contribution is -2.17. The summed E-state index contributed by atoms with van der Waals surface area (Å²) in [5.74, 6) is 1.19. The minimum atomic E-state index is -3.70. The molecule has 1 aliphatic rings. The van der Waals surface area contributed by atoms with Gasteiger partial charge in [0.1, 0.15) is 0 Å². The van der Waals surface area contributed by atoms with Crippen LogP contribution in [0.5, 0.6) is 0 Å². The van der Waals surface area contributed by atoms with Crippen LogP contribution in [0.25, 0.3) is 0 Å². The lowest BCUT2D eigenvalue weighted by atomic mass is 10.2. The van der Waals surface area contributed by atoms with Crippen molar-refractivity contribution >= 4 is 33.2 Å². The van der Waals surface area contributed by atoms with Gasteiger partial charge in [0.2, 0.25) is 16.0 Å². The third kappa shape index (κ3) is 4.37. The van der Waals surface area contributed by atoms with Crippen molar-refractivity contribution < 1.29 is 8.42 Å². The zero-order valence-corrected chi connectivity index (χ0v) is 14.8. The fourth-order valence-corrected chi connectivity index (χ4v) is 3.37. The van der Waals surface area contributed by atoms with E-state index in [9.17, 15) is 8.42 Å². The summed E-state index contributed by atoms with van der Waals surface area (Å²) in [6, 6.07) is 6.57. The SMILES string of the molecule is CNc1cnc(Nc2ccc(S(N)(=O)=O)cc2)nc1NC1CCCC1. The van der Waals surface area contributed by atoms with Crippen LogP contribution in [0.4, 0.5) is 23.1 Å². The van der Waals surface area contributed by atoms with Crippen molar-refractivity contribution in [1.29, 1.82) is 0 Å². The fraction of sp³-hybridized carbons (Fsp3) is 0.375. The number of sulfonamides is 1. The Morgan fingerprint density at radius 3 is 2.44 bits per heavy atom. The van der Waals surface area contributed by atoms with Crippen LogP contribution in [0.3, 0.4) is 0 Å². The second-order valence-corrected chi connectivity index (χ2v) is 7.59. The first-order chi connectivity index (χ1) is 12.0. The number of nitrogens with zero attached hydrogens (tertiary/aromatic N) is 2. The van der Waals surface area contributed by atoms with Gasteiger partial charge in [-0.1, -0.05) is 12.8 Å². The quantitative estimate of drug-likeness (QED) is 0.622. The van der Waals surface area contributed by atoms with E-state index in [1.54, 1.807) is 18.3 Å². The molecule has 3 rings (SSSR count). The number of benzene rings is 1. The first-order valence-electron chi connectivity index (χ1n) is 8.17. The van der Waals surface area contributed by atoms with E-state index < -0.39 is 10.0 Å². The Morgan fingerprint density at radius 1 is 1.16 bits per heavy atom. The summed E-state index contributed by atoms with van der Waals surface area (Å²) >= 11 is 0. The molecule has 1 fully saturated rings. The highest BCUT2D eigenvalue weighted by atomic mass is 32.2. The molecular formula is C16H22N6O2S. The Bertz CT molecular complexity index is 832. The van der Waals surface area contributed by atoms with Crippen molar-refractivity contribution in [2.45, 2.75) is 36.6 Å². The zero-order valence-electron chi connectivity index (χ0n) is 14.0. The van der Waals surface area contributed by atoms with Gasteiger partial charge in [0.25, 0.3) is 0 Å². The molecule has 0 unspecified atom stereocenters. The van der Waals surface area contributed by atoms with Crippen molar-refractivity contribution in [2.24, 2.45) is 5.14 Å². The van der Waals surface area contributed by atoms with Gasteiger partial charge in [0.05, 0.1) is 16.8 Å². The summed E-state index contributed by atoms with van der Waals surface area (Å²) in [4.78, 5) is 8.88. The van der Waals surface area contributed by atoms with E-state index in [2.05, 4.69) is 25.9 Å². The summed E-state index contributed by atoms with van der Waals surface area (Å²) in [6.45, 7) is 0. The number of aromatic nitrogens is 2. The van der Waals surface area contributed by atoms with Gasteiger partial charge in [-0.2, -0.15) is 4.98 Å². The van der Waals surface area contributed by atoms with Gasteiger partial charge in [-0.15, -0.1) is 0 Å². The van der Waals surface area contributed by atoms with Crippen LogP contribution >= 0.6 is 0 Å². The van der Waals surface area contributed by atoms with Crippen LogP contribution in [0, 0.1) is 0 Å². The van der Waals surface area contributed by atoms with E-state index >= 15 is 0 Å². The molecule has 1 saturated carbocycles. The predicted molar refractivity (Wildman–Crippen MR) is 98.6 cm³/mol. The molecule has 5 N–H and O–H groups in total. The molecule has 8 nitrogen and oxygen atoms in total. The molecule has 134 valence electrons. The van der Waals surface area contributed by atoms with Gasteiger partial charge < -0.3 is 16.0 Å². The molecule has 0 radical (unpaired) electrons. The lowest BCUT2D eigenvalue weighted by molar-refractivity contribution is 0.598. The largest absolute Gasteiger partial charge is 0.384 e. The summed E-state index contributed by atoms with van der Waals surface area (Å²) in [5.41, 5.74) is 1.51. The molecule has 0 saturated heterocycles. The third-order valence-electron chi connectivity index (χ3n) is 4.19. The summed E-state index contributed by atoms with van der Waals surface area (Å²) in [5, 5.41) is 14.7. The molecule has 2 aromatic rings. The van der Waals surface area contributed by atoms with Gasteiger partial charge >= 0.3 is 0 Å². The Hall–Kier alpha value is -2.39. The monoisotopic (exact) mass is 362 g/mol. The smallest absolute Gasteiger partial charge is 0.238 e. The minimum Gasteiger partial charge on any atom is -0.384 e. The van der Waals surface area contributed by atoms with Crippen molar-refractivity contribution in [1.82, 2.24) is 9.97 Å². The molecule has 1 aliphatic carbocycles. The Kier molecular flexibility index (Phi) is 5.05. The first kappa shape index (κ1) is 17.4. The Labute approximate surface area is 147 Å². The number of nitrogens with one attached hydrogen (secondary N) is 3. The molecule has 0 bridgehead atoms. The molecule has 1 heterocycles. The third-order valence-corrected chi connectivity index (χ3v) is 5.12. The predicted octanol–water partition coefficient (Wildman–Crippen LogP) is 2.26. The molecule has 25 heavy (non-hydrogen) atoms. The molecule has 1 aromatic heterocycles. The van der Waals surface area contributed by atoms with Crippen LogP contribution < -0.4 is 21.1 Å². The highest BCUT2D eigenvalue weighted by Gasteiger charge is 2.17. The topological polar surface area (TPSA) is 122 Å². The van der Waals surface area contributed by atoms with Crippen LogP contribution in [0.15, 0.2) is 35.4 Å². The maximum Gasteiger partial charge on any atom is 0.238 e. The van der Waals surface area contributed by atoms with Gasteiger partial charge in [-0.05, 0) is 37.1 Å².